The number of carbonyl (C=O) groups is 1. The first-order chi connectivity index (χ1) is 8.04. The molecule has 94 valence electrons. The van der Waals surface area contributed by atoms with Gasteiger partial charge in [-0.3, -0.25) is 0 Å². The fraction of sp³-hybridized carbons (Fsp3) is 0.417. The summed E-state index contributed by atoms with van der Waals surface area (Å²) in [4.78, 5) is 11.5. The van der Waals surface area contributed by atoms with Crippen molar-refractivity contribution in [3.63, 3.8) is 0 Å². The fourth-order valence-corrected chi connectivity index (χ4v) is 1.44. The molecule has 0 aliphatic carbocycles. The van der Waals surface area contributed by atoms with Crippen LogP contribution in [0.1, 0.15) is 24.2 Å². The Hall–Kier alpha value is -1.26. The van der Waals surface area contributed by atoms with Crippen LogP contribution in [0.25, 0.3) is 0 Å². The van der Waals surface area contributed by atoms with Crippen LogP contribution in [0.3, 0.4) is 0 Å². The molecule has 0 saturated heterocycles. The highest BCUT2D eigenvalue weighted by molar-refractivity contribution is 6.33. The summed E-state index contributed by atoms with van der Waals surface area (Å²) in [5, 5.41) is 0.311. The molecule has 0 amide bonds. The summed E-state index contributed by atoms with van der Waals surface area (Å²) in [7, 11) is 0. The van der Waals surface area contributed by atoms with Gasteiger partial charge in [-0.2, -0.15) is 0 Å². The van der Waals surface area contributed by atoms with Gasteiger partial charge < -0.3 is 15.2 Å². The summed E-state index contributed by atoms with van der Waals surface area (Å²) >= 11 is 5.96. The predicted octanol–water partition coefficient (Wildman–Crippen LogP) is 2.24. The molecule has 1 rings (SSSR count). The van der Waals surface area contributed by atoms with Gasteiger partial charge in [-0.1, -0.05) is 11.6 Å². The Morgan fingerprint density at radius 3 is 2.76 bits per heavy atom. The van der Waals surface area contributed by atoms with E-state index in [0.29, 0.717) is 29.5 Å². The molecule has 0 radical (unpaired) electrons. The summed E-state index contributed by atoms with van der Waals surface area (Å²) in [5.41, 5.74) is 5.90. The zero-order chi connectivity index (χ0) is 12.8. The van der Waals surface area contributed by atoms with Crippen molar-refractivity contribution in [1.82, 2.24) is 0 Å². The lowest BCUT2D eigenvalue weighted by atomic mass is 10.2. The zero-order valence-electron chi connectivity index (χ0n) is 9.90. The van der Waals surface area contributed by atoms with E-state index < -0.39 is 5.97 Å². The molecule has 0 heterocycles. The highest BCUT2D eigenvalue weighted by atomic mass is 35.5. The Balaban J connectivity index is 2.75. The minimum atomic E-state index is -0.434. The molecule has 1 atom stereocenters. The number of esters is 1. The van der Waals surface area contributed by atoms with E-state index in [-0.39, 0.29) is 6.04 Å². The van der Waals surface area contributed by atoms with E-state index in [1.807, 2.05) is 6.92 Å². The van der Waals surface area contributed by atoms with Gasteiger partial charge in [0.05, 0.1) is 17.2 Å². The number of benzene rings is 1. The van der Waals surface area contributed by atoms with E-state index in [9.17, 15) is 4.79 Å². The molecular weight excluding hydrogens is 242 g/mol. The van der Waals surface area contributed by atoms with Gasteiger partial charge in [0, 0.05) is 6.04 Å². The van der Waals surface area contributed by atoms with Crippen LogP contribution < -0.4 is 10.5 Å². The Bertz CT molecular complexity index is 393. The minimum Gasteiger partial charge on any atom is -0.492 e. The van der Waals surface area contributed by atoms with Crippen molar-refractivity contribution >= 4 is 17.6 Å². The van der Waals surface area contributed by atoms with Crippen LogP contribution in [0.15, 0.2) is 18.2 Å². The lowest BCUT2D eigenvalue weighted by Crippen LogP contribution is -2.23. The Labute approximate surface area is 106 Å². The number of ether oxygens (including phenoxy) is 2. The van der Waals surface area contributed by atoms with Crippen molar-refractivity contribution in [2.24, 2.45) is 5.73 Å². The fourth-order valence-electron chi connectivity index (χ4n) is 1.19. The van der Waals surface area contributed by atoms with E-state index in [1.54, 1.807) is 25.1 Å². The smallest absolute Gasteiger partial charge is 0.339 e. The van der Waals surface area contributed by atoms with Crippen LogP contribution in [0.4, 0.5) is 0 Å². The topological polar surface area (TPSA) is 61.5 Å². The van der Waals surface area contributed by atoms with Crippen molar-refractivity contribution in [3.8, 4) is 5.75 Å². The van der Waals surface area contributed by atoms with E-state index in [2.05, 4.69) is 0 Å². The number of halogens is 1. The van der Waals surface area contributed by atoms with E-state index in [4.69, 9.17) is 26.8 Å². The molecule has 1 aromatic rings. The van der Waals surface area contributed by atoms with Crippen LogP contribution in [0, 0.1) is 0 Å². The molecule has 1 aromatic carbocycles. The molecule has 0 spiro atoms. The molecular formula is C12H16ClNO3. The first-order valence-corrected chi connectivity index (χ1v) is 5.77. The van der Waals surface area contributed by atoms with Crippen molar-refractivity contribution in [3.05, 3.63) is 28.8 Å². The van der Waals surface area contributed by atoms with Crippen LogP contribution in [-0.2, 0) is 4.74 Å². The third-order valence-electron chi connectivity index (χ3n) is 1.95. The molecule has 0 bridgehead atoms. The number of hydrogen-bond donors (Lipinski definition) is 1. The number of nitrogens with two attached hydrogens (primary N) is 1. The maximum atomic E-state index is 11.5. The summed E-state index contributed by atoms with van der Waals surface area (Å²) < 4.78 is 10.2. The second-order valence-corrected chi connectivity index (χ2v) is 4.06. The maximum absolute atomic E-state index is 11.5. The third kappa shape index (κ3) is 4.24. The number of carbonyl (C=O) groups excluding carboxylic acids is 1. The van der Waals surface area contributed by atoms with Crippen molar-refractivity contribution in [1.29, 1.82) is 0 Å². The van der Waals surface area contributed by atoms with Crippen LogP contribution in [-0.4, -0.2) is 25.2 Å². The van der Waals surface area contributed by atoms with E-state index in [0.717, 1.165) is 0 Å². The Morgan fingerprint density at radius 2 is 2.24 bits per heavy atom. The lowest BCUT2D eigenvalue weighted by molar-refractivity contribution is 0.0526. The standard InChI is InChI=1S/C12H16ClNO3/c1-3-16-12(15)10-5-4-9(6-11(10)13)17-7-8(2)14/h4-6,8H,3,7,14H2,1-2H3. The molecule has 0 aliphatic rings. The summed E-state index contributed by atoms with van der Waals surface area (Å²) in [6.07, 6.45) is 0. The molecule has 1 unspecified atom stereocenters. The first kappa shape index (κ1) is 13.8. The normalized spacial score (nSPS) is 12.0. The third-order valence-corrected chi connectivity index (χ3v) is 2.26. The molecule has 2 N–H and O–H groups in total. The molecule has 0 aromatic heterocycles. The largest absolute Gasteiger partial charge is 0.492 e. The molecule has 5 heteroatoms. The molecule has 17 heavy (non-hydrogen) atoms. The first-order valence-electron chi connectivity index (χ1n) is 5.39. The average Bonchev–Trinajstić information content (AvgIpc) is 2.26. The van der Waals surface area contributed by atoms with E-state index in [1.165, 1.54) is 0 Å². The molecule has 4 nitrogen and oxygen atoms in total. The molecule has 0 saturated carbocycles. The van der Waals surface area contributed by atoms with Gasteiger partial charge in [-0.25, -0.2) is 4.79 Å². The highest BCUT2D eigenvalue weighted by Crippen LogP contribution is 2.23. The summed E-state index contributed by atoms with van der Waals surface area (Å²) in [6, 6.07) is 4.77. The second kappa shape index (κ2) is 6.47. The van der Waals surface area contributed by atoms with Gasteiger partial charge in [0.15, 0.2) is 0 Å². The SMILES string of the molecule is CCOC(=O)c1ccc(OCC(C)N)cc1Cl. The Kier molecular flexibility index (Phi) is 5.25. The quantitative estimate of drug-likeness (QED) is 0.822. The second-order valence-electron chi connectivity index (χ2n) is 3.65. The van der Waals surface area contributed by atoms with Gasteiger partial charge in [-0.05, 0) is 32.0 Å². The summed E-state index contributed by atoms with van der Waals surface area (Å²) in [6.45, 7) is 4.30. The number of hydrogen-bond acceptors (Lipinski definition) is 4. The van der Waals surface area contributed by atoms with Crippen molar-refractivity contribution in [2.75, 3.05) is 13.2 Å². The minimum absolute atomic E-state index is 0.0569. The van der Waals surface area contributed by atoms with E-state index >= 15 is 0 Å². The predicted molar refractivity (Wildman–Crippen MR) is 66.6 cm³/mol. The van der Waals surface area contributed by atoms with Crippen molar-refractivity contribution in [2.45, 2.75) is 19.9 Å². The average molecular weight is 258 g/mol. The summed E-state index contributed by atoms with van der Waals surface area (Å²) in [5.74, 6) is 0.150. The monoisotopic (exact) mass is 257 g/mol. The number of rotatable bonds is 5. The Morgan fingerprint density at radius 1 is 1.53 bits per heavy atom. The van der Waals surface area contributed by atoms with Gasteiger partial charge in [-0.15, -0.1) is 0 Å². The molecule has 0 aliphatic heterocycles. The van der Waals surface area contributed by atoms with Crippen LogP contribution in [0.5, 0.6) is 5.75 Å². The van der Waals surface area contributed by atoms with Gasteiger partial charge in [0.1, 0.15) is 12.4 Å². The van der Waals surface area contributed by atoms with Gasteiger partial charge in [0.2, 0.25) is 0 Å². The zero-order valence-corrected chi connectivity index (χ0v) is 10.7. The van der Waals surface area contributed by atoms with Crippen LogP contribution >= 0.6 is 11.6 Å². The molecule has 0 fully saturated rings. The van der Waals surface area contributed by atoms with Gasteiger partial charge in [0.25, 0.3) is 0 Å². The highest BCUT2D eigenvalue weighted by Gasteiger charge is 2.12. The lowest BCUT2D eigenvalue weighted by Gasteiger charge is -2.10. The van der Waals surface area contributed by atoms with Crippen molar-refractivity contribution < 1.29 is 14.3 Å². The van der Waals surface area contributed by atoms with Crippen LogP contribution in [0.2, 0.25) is 5.02 Å². The maximum Gasteiger partial charge on any atom is 0.339 e. The van der Waals surface area contributed by atoms with Gasteiger partial charge >= 0.3 is 5.97 Å².